The van der Waals surface area contributed by atoms with Crippen molar-refractivity contribution in [3.05, 3.63) is 29.0 Å². The highest BCUT2D eigenvalue weighted by Gasteiger charge is 2.14. The van der Waals surface area contributed by atoms with E-state index in [0.29, 0.717) is 17.3 Å². The molecule has 0 aliphatic heterocycles. The number of hydrogen-bond acceptors (Lipinski definition) is 2. The molecule has 0 N–H and O–H groups in total. The van der Waals surface area contributed by atoms with Gasteiger partial charge in [0.1, 0.15) is 12.4 Å². The fourth-order valence-electron chi connectivity index (χ4n) is 1.87. The maximum atomic E-state index is 11.9. The number of carbonyl (C=O) groups excluding carboxylic acids is 1. The molecule has 1 heterocycles. The number of hydrogen-bond donors (Lipinski definition) is 0. The smallest absolute Gasteiger partial charge is 0.242 e. The van der Waals surface area contributed by atoms with Gasteiger partial charge in [0, 0.05) is 31.4 Å². The Morgan fingerprint density at radius 2 is 2.16 bits per heavy atom. The van der Waals surface area contributed by atoms with E-state index in [0.717, 1.165) is 16.9 Å². The molecule has 0 saturated heterocycles. The standard InChI is InChI=1S/C13H15Cl2N3O/c1-17(2)13(19)8-18-11-7-9(15)3-4-10(11)16-12(18)5-6-14/h3-4,7H,5-6,8H2,1-2H3. The van der Waals surface area contributed by atoms with Gasteiger partial charge >= 0.3 is 0 Å². The van der Waals surface area contributed by atoms with Gasteiger partial charge in [-0.15, -0.1) is 11.6 Å². The summed E-state index contributed by atoms with van der Waals surface area (Å²) in [7, 11) is 3.46. The summed E-state index contributed by atoms with van der Waals surface area (Å²) in [6.07, 6.45) is 0.620. The van der Waals surface area contributed by atoms with Crippen molar-refractivity contribution >= 4 is 40.1 Å². The van der Waals surface area contributed by atoms with Crippen LogP contribution < -0.4 is 0 Å². The quantitative estimate of drug-likeness (QED) is 0.814. The molecule has 0 atom stereocenters. The maximum absolute atomic E-state index is 11.9. The largest absolute Gasteiger partial charge is 0.347 e. The maximum Gasteiger partial charge on any atom is 0.242 e. The Bertz CT molecular complexity index is 607. The summed E-state index contributed by atoms with van der Waals surface area (Å²) in [5.74, 6) is 1.28. The van der Waals surface area contributed by atoms with E-state index in [9.17, 15) is 4.79 Å². The van der Waals surface area contributed by atoms with E-state index < -0.39 is 0 Å². The normalized spacial score (nSPS) is 10.9. The summed E-state index contributed by atoms with van der Waals surface area (Å²) in [4.78, 5) is 18.0. The van der Waals surface area contributed by atoms with Gasteiger partial charge in [-0.05, 0) is 18.2 Å². The Balaban J connectivity index is 2.50. The fourth-order valence-corrected chi connectivity index (χ4v) is 2.21. The third-order valence-electron chi connectivity index (χ3n) is 2.90. The fraction of sp³-hybridized carbons (Fsp3) is 0.385. The number of carbonyl (C=O) groups is 1. The van der Waals surface area contributed by atoms with Gasteiger partial charge < -0.3 is 9.47 Å². The SMILES string of the molecule is CN(C)C(=O)Cn1c(CCCl)nc2ccc(Cl)cc21. The lowest BCUT2D eigenvalue weighted by Crippen LogP contribution is -2.27. The van der Waals surface area contributed by atoms with E-state index >= 15 is 0 Å². The Kier molecular flexibility index (Phi) is 4.32. The minimum Gasteiger partial charge on any atom is -0.347 e. The lowest BCUT2D eigenvalue weighted by Gasteiger charge is -2.13. The second-order valence-electron chi connectivity index (χ2n) is 4.47. The number of likely N-dealkylation sites (N-methyl/N-ethyl adjacent to an activating group) is 1. The third kappa shape index (κ3) is 3.01. The predicted molar refractivity (Wildman–Crippen MR) is 77.9 cm³/mol. The lowest BCUT2D eigenvalue weighted by molar-refractivity contribution is -0.129. The Morgan fingerprint density at radius 1 is 1.42 bits per heavy atom. The monoisotopic (exact) mass is 299 g/mol. The van der Waals surface area contributed by atoms with Crippen LogP contribution in [0.4, 0.5) is 0 Å². The number of rotatable bonds is 4. The van der Waals surface area contributed by atoms with Crippen LogP contribution in [0.1, 0.15) is 5.82 Å². The highest BCUT2D eigenvalue weighted by molar-refractivity contribution is 6.31. The molecule has 6 heteroatoms. The van der Waals surface area contributed by atoms with Gasteiger partial charge in [0.15, 0.2) is 0 Å². The van der Waals surface area contributed by atoms with Gasteiger partial charge in [0.25, 0.3) is 0 Å². The van der Waals surface area contributed by atoms with Crippen molar-refractivity contribution in [2.75, 3.05) is 20.0 Å². The Hall–Kier alpha value is -1.26. The van der Waals surface area contributed by atoms with Crippen molar-refractivity contribution in [3.63, 3.8) is 0 Å². The van der Waals surface area contributed by atoms with Crippen LogP contribution in [0.25, 0.3) is 11.0 Å². The van der Waals surface area contributed by atoms with Crippen molar-refractivity contribution < 1.29 is 4.79 Å². The van der Waals surface area contributed by atoms with E-state index in [1.165, 1.54) is 0 Å². The average molecular weight is 300 g/mol. The molecule has 1 amide bonds. The topological polar surface area (TPSA) is 38.1 Å². The van der Waals surface area contributed by atoms with E-state index in [4.69, 9.17) is 23.2 Å². The van der Waals surface area contributed by atoms with Crippen molar-refractivity contribution in [3.8, 4) is 0 Å². The molecule has 102 valence electrons. The summed E-state index contributed by atoms with van der Waals surface area (Å²) < 4.78 is 1.88. The third-order valence-corrected chi connectivity index (χ3v) is 3.32. The van der Waals surface area contributed by atoms with Crippen molar-refractivity contribution in [2.45, 2.75) is 13.0 Å². The molecule has 0 spiro atoms. The number of benzene rings is 1. The molecule has 2 rings (SSSR count). The molecular formula is C13H15Cl2N3O. The number of aromatic nitrogens is 2. The summed E-state index contributed by atoms with van der Waals surface area (Å²) in [6.45, 7) is 0.246. The molecule has 19 heavy (non-hydrogen) atoms. The van der Waals surface area contributed by atoms with Crippen LogP contribution >= 0.6 is 23.2 Å². The molecular weight excluding hydrogens is 285 g/mol. The van der Waals surface area contributed by atoms with Crippen LogP contribution in [0.3, 0.4) is 0 Å². The summed E-state index contributed by atoms with van der Waals surface area (Å²) in [5, 5.41) is 0.628. The highest BCUT2D eigenvalue weighted by Crippen LogP contribution is 2.21. The molecule has 0 bridgehead atoms. The Labute approximate surface area is 121 Å². The second-order valence-corrected chi connectivity index (χ2v) is 5.29. The minimum absolute atomic E-state index is 0.00935. The molecule has 0 saturated carbocycles. The average Bonchev–Trinajstić information content (AvgIpc) is 2.68. The number of fused-ring (bicyclic) bond motifs is 1. The number of aryl methyl sites for hydroxylation is 1. The molecule has 0 fully saturated rings. The van der Waals surface area contributed by atoms with Gasteiger partial charge in [-0.25, -0.2) is 4.98 Å². The lowest BCUT2D eigenvalue weighted by atomic mass is 10.3. The van der Waals surface area contributed by atoms with Crippen LogP contribution in [0.5, 0.6) is 0 Å². The van der Waals surface area contributed by atoms with Crippen LogP contribution in [0.2, 0.25) is 5.02 Å². The molecule has 2 aromatic rings. The van der Waals surface area contributed by atoms with Crippen molar-refractivity contribution in [1.82, 2.24) is 14.5 Å². The number of imidazole rings is 1. The van der Waals surface area contributed by atoms with Gasteiger partial charge in [0.05, 0.1) is 11.0 Å². The minimum atomic E-state index is 0.00935. The summed E-state index contributed by atoms with van der Waals surface area (Å²) >= 11 is 11.8. The predicted octanol–water partition coefficient (Wildman–Crippen LogP) is 2.56. The number of amides is 1. The van der Waals surface area contributed by atoms with Crippen LogP contribution in [-0.2, 0) is 17.8 Å². The molecule has 0 radical (unpaired) electrons. The molecule has 0 unspecified atom stereocenters. The molecule has 1 aromatic heterocycles. The van der Waals surface area contributed by atoms with E-state index in [1.54, 1.807) is 25.1 Å². The molecule has 4 nitrogen and oxygen atoms in total. The van der Waals surface area contributed by atoms with Crippen molar-refractivity contribution in [2.24, 2.45) is 0 Å². The van der Waals surface area contributed by atoms with Crippen molar-refractivity contribution in [1.29, 1.82) is 0 Å². The summed E-state index contributed by atoms with van der Waals surface area (Å²) in [5.41, 5.74) is 1.69. The number of nitrogens with zero attached hydrogens (tertiary/aromatic N) is 3. The first-order valence-corrected chi connectivity index (χ1v) is 6.85. The van der Waals surface area contributed by atoms with Gasteiger partial charge in [-0.1, -0.05) is 11.6 Å². The molecule has 0 aliphatic carbocycles. The zero-order valence-corrected chi connectivity index (χ0v) is 12.4. The number of alkyl halides is 1. The Morgan fingerprint density at radius 3 is 2.79 bits per heavy atom. The van der Waals surface area contributed by atoms with E-state index in [2.05, 4.69) is 4.98 Å². The van der Waals surface area contributed by atoms with E-state index in [-0.39, 0.29) is 12.5 Å². The summed E-state index contributed by atoms with van der Waals surface area (Å²) in [6, 6.07) is 5.47. The van der Waals surface area contributed by atoms with Gasteiger partial charge in [0.2, 0.25) is 5.91 Å². The first-order chi connectivity index (χ1) is 9.02. The molecule has 1 aromatic carbocycles. The second kappa shape index (κ2) is 5.80. The van der Waals surface area contributed by atoms with Gasteiger partial charge in [-0.2, -0.15) is 0 Å². The van der Waals surface area contributed by atoms with Gasteiger partial charge in [-0.3, -0.25) is 4.79 Å². The molecule has 0 aliphatic rings. The zero-order valence-electron chi connectivity index (χ0n) is 10.9. The van der Waals surface area contributed by atoms with E-state index in [1.807, 2.05) is 16.7 Å². The number of halogens is 2. The zero-order chi connectivity index (χ0) is 14.0. The highest BCUT2D eigenvalue weighted by atomic mass is 35.5. The van der Waals surface area contributed by atoms with Crippen LogP contribution in [-0.4, -0.2) is 40.3 Å². The first-order valence-electron chi connectivity index (χ1n) is 5.93. The van der Waals surface area contributed by atoms with Crippen LogP contribution in [0, 0.1) is 0 Å². The first kappa shape index (κ1) is 14.2. The van der Waals surface area contributed by atoms with Crippen LogP contribution in [0.15, 0.2) is 18.2 Å².